The first-order chi connectivity index (χ1) is 8.44. The molecule has 0 aliphatic carbocycles. The van der Waals surface area contributed by atoms with Crippen molar-refractivity contribution in [2.24, 2.45) is 5.41 Å². The van der Waals surface area contributed by atoms with Crippen LogP contribution in [0.2, 0.25) is 0 Å². The third-order valence-corrected chi connectivity index (χ3v) is 3.30. The number of hydrogen-bond donors (Lipinski definition) is 0. The lowest BCUT2D eigenvalue weighted by molar-refractivity contribution is 0.305. The molecule has 0 aliphatic heterocycles. The summed E-state index contributed by atoms with van der Waals surface area (Å²) < 4.78 is 5.29. The van der Waals surface area contributed by atoms with Gasteiger partial charge in [0.05, 0.1) is 17.7 Å². The zero-order valence-electron chi connectivity index (χ0n) is 12.0. The van der Waals surface area contributed by atoms with Gasteiger partial charge < -0.3 is 9.32 Å². The van der Waals surface area contributed by atoms with E-state index in [-0.39, 0.29) is 5.41 Å². The maximum atomic E-state index is 8.93. The summed E-state index contributed by atoms with van der Waals surface area (Å²) >= 11 is 0. The molecule has 3 nitrogen and oxygen atoms in total. The Morgan fingerprint density at radius 3 is 2.67 bits per heavy atom. The summed E-state index contributed by atoms with van der Waals surface area (Å²) in [5.41, 5.74) is 1.08. The summed E-state index contributed by atoms with van der Waals surface area (Å²) in [5, 5.41) is 8.93. The van der Waals surface area contributed by atoms with Gasteiger partial charge in [0.25, 0.3) is 0 Å². The minimum atomic E-state index is -0.181. The summed E-state index contributed by atoms with van der Waals surface area (Å²) in [6.45, 7) is 8.01. The molecule has 0 spiro atoms. The van der Waals surface area contributed by atoms with Crippen LogP contribution >= 0.6 is 0 Å². The van der Waals surface area contributed by atoms with Crippen molar-refractivity contribution in [3.63, 3.8) is 0 Å². The first-order valence-corrected chi connectivity index (χ1v) is 6.57. The van der Waals surface area contributed by atoms with Crippen molar-refractivity contribution in [2.45, 2.75) is 46.6 Å². The molecule has 18 heavy (non-hydrogen) atoms. The minimum Gasteiger partial charge on any atom is -0.469 e. The number of aryl methyl sites for hydroxylation is 1. The van der Waals surface area contributed by atoms with Crippen LogP contribution in [0.5, 0.6) is 0 Å². The highest BCUT2D eigenvalue weighted by Crippen LogP contribution is 2.21. The molecule has 0 amide bonds. The molecule has 0 saturated carbocycles. The summed E-state index contributed by atoms with van der Waals surface area (Å²) in [7, 11) is 2.13. The Morgan fingerprint density at radius 1 is 1.39 bits per heavy atom. The zero-order chi connectivity index (χ0) is 13.6. The van der Waals surface area contributed by atoms with Gasteiger partial charge in [0.15, 0.2) is 0 Å². The maximum Gasteiger partial charge on any atom is 0.105 e. The van der Waals surface area contributed by atoms with Crippen LogP contribution in [-0.4, -0.2) is 18.5 Å². The largest absolute Gasteiger partial charge is 0.469 e. The van der Waals surface area contributed by atoms with Crippen LogP contribution in [0.15, 0.2) is 16.7 Å². The molecule has 0 N–H and O–H groups in total. The van der Waals surface area contributed by atoms with Crippen LogP contribution < -0.4 is 0 Å². The van der Waals surface area contributed by atoms with Crippen LogP contribution in [0.4, 0.5) is 0 Å². The first kappa shape index (κ1) is 14.8. The summed E-state index contributed by atoms with van der Waals surface area (Å²) in [6.07, 6.45) is 4.96. The average Bonchev–Trinajstić information content (AvgIpc) is 2.71. The smallest absolute Gasteiger partial charge is 0.105 e. The lowest BCUT2D eigenvalue weighted by Gasteiger charge is -2.18. The highest BCUT2D eigenvalue weighted by Gasteiger charge is 2.15. The van der Waals surface area contributed by atoms with Crippen LogP contribution in [0, 0.1) is 23.7 Å². The number of furan rings is 1. The van der Waals surface area contributed by atoms with Gasteiger partial charge >= 0.3 is 0 Å². The van der Waals surface area contributed by atoms with Crippen molar-refractivity contribution in [1.82, 2.24) is 4.90 Å². The standard InChI is InChI=1S/C15H24N2O/c1-13-14(7-10-18-13)11-17(4)9-6-5-8-15(2,3)12-16/h7,10H,5-6,8-9,11H2,1-4H3. The number of hydrogen-bond acceptors (Lipinski definition) is 3. The summed E-state index contributed by atoms with van der Waals surface area (Å²) in [4.78, 5) is 2.30. The Hall–Kier alpha value is -1.27. The van der Waals surface area contributed by atoms with Crippen molar-refractivity contribution in [2.75, 3.05) is 13.6 Å². The Morgan fingerprint density at radius 2 is 2.11 bits per heavy atom. The molecule has 0 aromatic carbocycles. The zero-order valence-corrected chi connectivity index (χ0v) is 12.0. The van der Waals surface area contributed by atoms with Crippen molar-refractivity contribution >= 4 is 0 Å². The topological polar surface area (TPSA) is 40.2 Å². The molecule has 3 heteroatoms. The average molecular weight is 248 g/mol. The molecular weight excluding hydrogens is 224 g/mol. The van der Waals surface area contributed by atoms with E-state index < -0.39 is 0 Å². The Bertz CT molecular complexity index is 401. The van der Waals surface area contributed by atoms with Crippen LogP contribution in [0.3, 0.4) is 0 Å². The summed E-state index contributed by atoms with van der Waals surface area (Å²) in [5.74, 6) is 1.01. The molecule has 0 aliphatic rings. The Labute approximate surface area is 110 Å². The van der Waals surface area contributed by atoms with E-state index >= 15 is 0 Å². The number of nitriles is 1. The highest BCUT2D eigenvalue weighted by atomic mass is 16.3. The fraction of sp³-hybridized carbons (Fsp3) is 0.667. The molecule has 1 aromatic rings. The fourth-order valence-electron chi connectivity index (χ4n) is 1.95. The Balaban J connectivity index is 2.21. The van der Waals surface area contributed by atoms with Gasteiger partial charge in [0, 0.05) is 12.1 Å². The monoisotopic (exact) mass is 248 g/mol. The predicted molar refractivity (Wildman–Crippen MR) is 73.0 cm³/mol. The van der Waals surface area contributed by atoms with Gasteiger partial charge in [-0.2, -0.15) is 5.26 Å². The van der Waals surface area contributed by atoms with E-state index in [1.165, 1.54) is 5.56 Å². The molecule has 1 aromatic heterocycles. The summed E-state index contributed by atoms with van der Waals surface area (Å²) in [6, 6.07) is 4.38. The van der Waals surface area contributed by atoms with E-state index in [9.17, 15) is 0 Å². The molecule has 0 atom stereocenters. The van der Waals surface area contributed by atoms with Gasteiger partial charge in [-0.3, -0.25) is 0 Å². The molecule has 0 unspecified atom stereocenters. The molecule has 0 bridgehead atoms. The number of rotatable bonds is 7. The van der Waals surface area contributed by atoms with Crippen molar-refractivity contribution in [1.29, 1.82) is 5.26 Å². The maximum absolute atomic E-state index is 8.93. The SMILES string of the molecule is Cc1occc1CN(C)CCCCC(C)(C)C#N. The van der Waals surface area contributed by atoms with Crippen LogP contribution in [0.25, 0.3) is 0 Å². The van der Waals surface area contributed by atoms with E-state index in [1.54, 1.807) is 6.26 Å². The lowest BCUT2D eigenvalue weighted by atomic mass is 9.89. The lowest BCUT2D eigenvalue weighted by Crippen LogP contribution is -2.19. The van der Waals surface area contributed by atoms with E-state index in [0.717, 1.165) is 38.1 Å². The van der Waals surface area contributed by atoms with Gasteiger partial charge in [-0.1, -0.05) is 6.42 Å². The Kier molecular flexibility index (Phi) is 5.43. The normalized spacial score (nSPS) is 11.8. The van der Waals surface area contributed by atoms with Gasteiger partial charge in [-0.25, -0.2) is 0 Å². The molecule has 0 radical (unpaired) electrons. The van der Waals surface area contributed by atoms with E-state index in [4.69, 9.17) is 9.68 Å². The van der Waals surface area contributed by atoms with Crippen molar-refractivity contribution < 1.29 is 4.42 Å². The van der Waals surface area contributed by atoms with Gasteiger partial charge in [0.2, 0.25) is 0 Å². The van der Waals surface area contributed by atoms with Crippen LogP contribution in [0.1, 0.15) is 44.4 Å². The first-order valence-electron chi connectivity index (χ1n) is 6.57. The molecular formula is C15H24N2O. The molecule has 1 rings (SSSR count). The van der Waals surface area contributed by atoms with Gasteiger partial charge in [-0.15, -0.1) is 0 Å². The number of unbranched alkanes of at least 4 members (excludes halogenated alkanes) is 1. The van der Waals surface area contributed by atoms with Crippen molar-refractivity contribution in [3.8, 4) is 6.07 Å². The molecule has 100 valence electrons. The quantitative estimate of drug-likeness (QED) is 0.690. The number of nitrogens with zero attached hydrogens (tertiary/aromatic N) is 2. The highest BCUT2D eigenvalue weighted by molar-refractivity contribution is 5.14. The molecule has 0 saturated heterocycles. The second kappa shape index (κ2) is 6.61. The predicted octanol–water partition coefficient (Wildman–Crippen LogP) is 3.74. The molecule has 0 fully saturated rings. The fourth-order valence-corrected chi connectivity index (χ4v) is 1.95. The van der Waals surface area contributed by atoms with Crippen LogP contribution in [-0.2, 0) is 6.54 Å². The van der Waals surface area contributed by atoms with E-state index in [2.05, 4.69) is 18.0 Å². The second-order valence-electron chi connectivity index (χ2n) is 5.69. The third-order valence-electron chi connectivity index (χ3n) is 3.30. The molecule has 1 heterocycles. The van der Waals surface area contributed by atoms with E-state index in [1.807, 2.05) is 26.8 Å². The third kappa shape index (κ3) is 4.93. The van der Waals surface area contributed by atoms with E-state index in [0.29, 0.717) is 0 Å². The minimum absolute atomic E-state index is 0.181. The van der Waals surface area contributed by atoms with Gasteiger partial charge in [-0.05, 0) is 53.3 Å². The van der Waals surface area contributed by atoms with Crippen molar-refractivity contribution in [3.05, 3.63) is 23.7 Å². The second-order valence-corrected chi connectivity index (χ2v) is 5.69. The van der Waals surface area contributed by atoms with Gasteiger partial charge in [0.1, 0.15) is 5.76 Å².